The Kier molecular flexibility index (Phi) is 5.62. The third kappa shape index (κ3) is 3.88. The largest absolute Gasteiger partial charge is 0.494 e. The van der Waals surface area contributed by atoms with Gasteiger partial charge < -0.3 is 13.9 Å². The zero-order valence-corrected chi connectivity index (χ0v) is 19.3. The molecule has 1 amide bonds. The number of methoxy groups -OCH3 is 2. The summed E-state index contributed by atoms with van der Waals surface area (Å²) in [5, 5.41) is 1.79. The highest BCUT2D eigenvalue weighted by Crippen LogP contribution is 2.40. The van der Waals surface area contributed by atoms with Crippen LogP contribution in [0.15, 0.2) is 65.3 Å². The van der Waals surface area contributed by atoms with Gasteiger partial charge in [0.1, 0.15) is 11.3 Å². The monoisotopic (exact) mass is 479 g/mol. The number of fused-ring (bicyclic) bond motifs is 2. The van der Waals surface area contributed by atoms with Crippen molar-refractivity contribution >= 4 is 55.2 Å². The normalized spacial score (nSPS) is 11.1. The van der Waals surface area contributed by atoms with Gasteiger partial charge in [0.15, 0.2) is 22.2 Å². The Bertz CT molecular complexity index is 1470. The molecule has 0 atom stereocenters. The molecule has 0 aliphatic heterocycles. The first-order valence-corrected chi connectivity index (χ1v) is 11.2. The Morgan fingerprint density at radius 1 is 1.09 bits per heavy atom. The number of pyridine rings is 1. The molecule has 0 N–H and O–H groups in total. The number of amides is 1. The standard InChI is InChI=1S/C24H18ClN3O4S/c1-30-17-7-6-16(25)22-20(17)27-24(33-22)28(13-14-8-10-26-11-9-14)23(29)19-12-15-4-3-5-18(31-2)21(15)32-19/h3-12H,13H2,1-2H3. The van der Waals surface area contributed by atoms with Crippen molar-refractivity contribution in [3.63, 3.8) is 0 Å². The lowest BCUT2D eigenvalue weighted by atomic mass is 10.2. The molecule has 0 saturated carbocycles. The van der Waals surface area contributed by atoms with Crippen LogP contribution in [0.5, 0.6) is 11.5 Å². The van der Waals surface area contributed by atoms with Gasteiger partial charge >= 0.3 is 0 Å². The van der Waals surface area contributed by atoms with E-state index in [1.165, 1.54) is 11.3 Å². The zero-order chi connectivity index (χ0) is 22.9. The highest BCUT2D eigenvalue weighted by Gasteiger charge is 2.26. The van der Waals surface area contributed by atoms with Gasteiger partial charge in [0.05, 0.1) is 30.5 Å². The van der Waals surface area contributed by atoms with Gasteiger partial charge in [-0.3, -0.25) is 14.7 Å². The van der Waals surface area contributed by atoms with Crippen LogP contribution in [0.1, 0.15) is 16.1 Å². The molecule has 7 nitrogen and oxygen atoms in total. The van der Waals surface area contributed by atoms with E-state index >= 15 is 0 Å². The Hall–Kier alpha value is -3.62. The van der Waals surface area contributed by atoms with Gasteiger partial charge in [0.2, 0.25) is 0 Å². The van der Waals surface area contributed by atoms with E-state index < -0.39 is 0 Å². The van der Waals surface area contributed by atoms with E-state index in [-0.39, 0.29) is 18.2 Å². The molecule has 5 rings (SSSR count). The lowest BCUT2D eigenvalue weighted by molar-refractivity contribution is 0.0960. The predicted octanol–water partition coefficient (Wildman–Crippen LogP) is 5.96. The summed E-state index contributed by atoms with van der Waals surface area (Å²) in [5.74, 6) is 0.991. The van der Waals surface area contributed by atoms with Gasteiger partial charge in [0.25, 0.3) is 5.91 Å². The smallest absolute Gasteiger partial charge is 0.296 e. The maximum Gasteiger partial charge on any atom is 0.296 e. The summed E-state index contributed by atoms with van der Waals surface area (Å²) in [6.45, 7) is 0.273. The Morgan fingerprint density at radius 2 is 1.88 bits per heavy atom. The molecule has 0 unspecified atom stereocenters. The first-order chi connectivity index (χ1) is 16.1. The zero-order valence-electron chi connectivity index (χ0n) is 17.7. The number of hydrogen-bond acceptors (Lipinski definition) is 7. The summed E-state index contributed by atoms with van der Waals surface area (Å²) in [4.78, 5) is 24.1. The van der Waals surface area contributed by atoms with Crippen molar-refractivity contribution < 1.29 is 18.7 Å². The van der Waals surface area contributed by atoms with Gasteiger partial charge in [-0.05, 0) is 42.0 Å². The molecule has 0 fully saturated rings. The van der Waals surface area contributed by atoms with Gasteiger partial charge in [-0.2, -0.15) is 0 Å². The molecular weight excluding hydrogens is 462 g/mol. The number of carbonyl (C=O) groups excluding carboxylic acids is 1. The van der Waals surface area contributed by atoms with Crippen molar-refractivity contribution in [2.45, 2.75) is 6.54 Å². The van der Waals surface area contributed by atoms with Crippen LogP contribution in [0.3, 0.4) is 0 Å². The van der Waals surface area contributed by atoms with Crippen molar-refractivity contribution in [2.24, 2.45) is 0 Å². The number of nitrogens with zero attached hydrogens (tertiary/aromatic N) is 3. The average molecular weight is 480 g/mol. The third-order valence-electron chi connectivity index (χ3n) is 5.17. The molecule has 0 saturated heterocycles. The van der Waals surface area contributed by atoms with Crippen molar-refractivity contribution in [2.75, 3.05) is 19.1 Å². The Balaban J connectivity index is 1.63. The SMILES string of the molecule is COc1ccc(Cl)c2sc(N(Cc3ccncc3)C(=O)c3cc4cccc(OC)c4o3)nc12. The number of ether oxygens (including phenoxy) is 2. The van der Waals surface area contributed by atoms with E-state index in [0.29, 0.717) is 32.8 Å². The number of furan rings is 1. The molecule has 0 aliphatic rings. The number of thiazole rings is 1. The minimum atomic E-state index is -0.334. The Labute approximate surface area is 198 Å². The third-order valence-corrected chi connectivity index (χ3v) is 6.71. The summed E-state index contributed by atoms with van der Waals surface area (Å²) < 4.78 is 17.5. The molecule has 0 spiro atoms. The first-order valence-electron chi connectivity index (χ1n) is 9.99. The summed E-state index contributed by atoms with van der Waals surface area (Å²) in [6.07, 6.45) is 3.37. The Morgan fingerprint density at radius 3 is 2.64 bits per heavy atom. The van der Waals surface area contributed by atoms with Gasteiger partial charge in [0, 0.05) is 17.8 Å². The molecule has 9 heteroatoms. The maximum absolute atomic E-state index is 13.7. The van der Waals surface area contributed by atoms with Gasteiger partial charge in [-0.25, -0.2) is 4.98 Å². The maximum atomic E-state index is 13.7. The number of para-hydroxylation sites is 1. The fourth-order valence-electron chi connectivity index (χ4n) is 3.55. The van der Waals surface area contributed by atoms with Gasteiger partial charge in [-0.1, -0.05) is 35.1 Å². The molecule has 33 heavy (non-hydrogen) atoms. The van der Waals surface area contributed by atoms with E-state index in [1.54, 1.807) is 55.8 Å². The quantitative estimate of drug-likeness (QED) is 0.299. The molecule has 0 aliphatic carbocycles. The van der Waals surface area contributed by atoms with E-state index in [0.717, 1.165) is 15.6 Å². The number of benzene rings is 2. The molecule has 0 radical (unpaired) electrons. The van der Waals surface area contributed by atoms with Crippen LogP contribution in [0.4, 0.5) is 5.13 Å². The van der Waals surface area contributed by atoms with Crippen LogP contribution in [-0.4, -0.2) is 30.1 Å². The predicted molar refractivity (Wildman–Crippen MR) is 129 cm³/mol. The van der Waals surface area contributed by atoms with Crippen LogP contribution in [0.2, 0.25) is 5.02 Å². The van der Waals surface area contributed by atoms with Crippen LogP contribution in [0.25, 0.3) is 21.2 Å². The van der Waals surface area contributed by atoms with Crippen LogP contribution in [-0.2, 0) is 6.54 Å². The molecule has 3 heterocycles. The number of halogens is 1. The minimum Gasteiger partial charge on any atom is -0.494 e. The topological polar surface area (TPSA) is 77.7 Å². The highest BCUT2D eigenvalue weighted by atomic mass is 35.5. The second-order valence-electron chi connectivity index (χ2n) is 7.16. The van der Waals surface area contributed by atoms with E-state index in [2.05, 4.69) is 4.98 Å². The van der Waals surface area contributed by atoms with Crippen LogP contribution < -0.4 is 14.4 Å². The van der Waals surface area contributed by atoms with E-state index in [4.69, 9.17) is 30.5 Å². The van der Waals surface area contributed by atoms with Crippen molar-refractivity contribution in [3.05, 3.63) is 77.3 Å². The van der Waals surface area contributed by atoms with Crippen molar-refractivity contribution in [3.8, 4) is 11.5 Å². The lowest BCUT2D eigenvalue weighted by Gasteiger charge is -2.18. The number of carbonyl (C=O) groups is 1. The molecule has 5 aromatic rings. The average Bonchev–Trinajstić information content (AvgIpc) is 3.48. The van der Waals surface area contributed by atoms with E-state index in [1.807, 2.05) is 24.3 Å². The number of rotatable bonds is 6. The highest BCUT2D eigenvalue weighted by molar-refractivity contribution is 7.23. The number of anilines is 1. The second kappa shape index (κ2) is 8.73. The van der Waals surface area contributed by atoms with Crippen molar-refractivity contribution in [1.29, 1.82) is 0 Å². The summed E-state index contributed by atoms with van der Waals surface area (Å²) >= 11 is 7.74. The molecule has 3 aromatic heterocycles. The second-order valence-corrected chi connectivity index (χ2v) is 8.54. The fourth-order valence-corrected chi connectivity index (χ4v) is 4.81. The van der Waals surface area contributed by atoms with Crippen LogP contribution >= 0.6 is 22.9 Å². The molecular formula is C24H18ClN3O4S. The number of aromatic nitrogens is 2. The van der Waals surface area contributed by atoms with Gasteiger partial charge in [-0.15, -0.1) is 0 Å². The fraction of sp³-hybridized carbons (Fsp3) is 0.125. The van der Waals surface area contributed by atoms with Crippen molar-refractivity contribution in [1.82, 2.24) is 9.97 Å². The van der Waals surface area contributed by atoms with Crippen LogP contribution in [0, 0.1) is 0 Å². The molecule has 166 valence electrons. The summed E-state index contributed by atoms with van der Waals surface area (Å²) in [5.41, 5.74) is 2.01. The number of hydrogen-bond donors (Lipinski definition) is 0. The molecule has 2 aromatic carbocycles. The molecule has 0 bridgehead atoms. The summed E-state index contributed by atoms with van der Waals surface area (Å²) in [6, 6.07) is 14.4. The summed E-state index contributed by atoms with van der Waals surface area (Å²) in [7, 11) is 3.14. The lowest BCUT2D eigenvalue weighted by Crippen LogP contribution is -2.30. The first kappa shape index (κ1) is 21.2. The van der Waals surface area contributed by atoms with E-state index in [9.17, 15) is 4.79 Å². The minimum absolute atomic E-state index is 0.181.